The Balaban J connectivity index is 3.47. The maximum absolute atomic E-state index is 9.62. The second-order valence-electron chi connectivity index (χ2n) is 5.35. The van der Waals surface area contributed by atoms with Gasteiger partial charge < -0.3 is 20.3 Å². The van der Waals surface area contributed by atoms with Crippen LogP contribution >= 0.6 is 0 Å². The summed E-state index contributed by atoms with van der Waals surface area (Å²) in [5.74, 6) is 0.431. The minimum atomic E-state index is -0.472. The van der Waals surface area contributed by atoms with Crippen molar-refractivity contribution < 1.29 is 14.9 Å². The van der Waals surface area contributed by atoms with Crippen LogP contribution in [0.1, 0.15) is 34.1 Å². The maximum Gasteiger partial charge on any atom is 0.0897 e. The third-order valence-corrected chi connectivity index (χ3v) is 2.20. The monoisotopic (exact) mass is 233 g/mol. The summed E-state index contributed by atoms with van der Waals surface area (Å²) >= 11 is 0. The third kappa shape index (κ3) is 10.4. The standard InChI is InChI=1S/C12H27NO3/c1-10(5-6-14)7-13-8-11(15)9-16-12(2,3)4/h10-11,13-15H,5-9H2,1-4H3. The molecule has 98 valence electrons. The van der Waals surface area contributed by atoms with E-state index in [1.54, 1.807) is 0 Å². The summed E-state index contributed by atoms with van der Waals surface area (Å²) in [6.45, 7) is 9.90. The molecule has 0 saturated heterocycles. The molecule has 4 nitrogen and oxygen atoms in total. The van der Waals surface area contributed by atoms with Crippen LogP contribution < -0.4 is 5.32 Å². The smallest absolute Gasteiger partial charge is 0.0897 e. The first-order valence-electron chi connectivity index (χ1n) is 5.98. The van der Waals surface area contributed by atoms with Crippen LogP contribution in [-0.2, 0) is 4.74 Å². The first-order valence-corrected chi connectivity index (χ1v) is 5.98. The van der Waals surface area contributed by atoms with Gasteiger partial charge >= 0.3 is 0 Å². The van der Waals surface area contributed by atoms with Gasteiger partial charge in [0, 0.05) is 13.2 Å². The lowest BCUT2D eigenvalue weighted by Gasteiger charge is -2.22. The summed E-state index contributed by atoms with van der Waals surface area (Å²) in [5.41, 5.74) is -0.203. The first-order chi connectivity index (χ1) is 7.35. The second kappa shape index (κ2) is 8.01. The molecule has 0 spiro atoms. The Bertz CT molecular complexity index is 168. The van der Waals surface area contributed by atoms with Crippen LogP contribution in [-0.4, -0.2) is 48.2 Å². The number of aliphatic hydroxyl groups is 2. The van der Waals surface area contributed by atoms with E-state index in [1.807, 2.05) is 20.8 Å². The van der Waals surface area contributed by atoms with Crippen LogP contribution in [0.4, 0.5) is 0 Å². The lowest BCUT2D eigenvalue weighted by atomic mass is 10.1. The highest BCUT2D eigenvalue weighted by Gasteiger charge is 2.13. The lowest BCUT2D eigenvalue weighted by Crippen LogP contribution is -2.35. The molecule has 0 aromatic carbocycles. The van der Waals surface area contributed by atoms with Gasteiger partial charge in [-0.25, -0.2) is 0 Å². The van der Waals surface area contributed by atoms with Crippen molar-refractivity contribution >= 4 is 0 Å². The zero-order valence-corrected chi connectivity index (χ0v) is 11.0. The normalized spacial score (nSPS) is 16.1. The largest absolute Gasteiger partial charge is 0.396 e. The fourth-order valence-corrected chi connectivity index (χ4v) is 1.22. The Hall–Kier alpha value is -0.160. The van der Waals surface area contributed by atoms with Crippen LogP contribution in [0.2, 0.25) is 0 Å². The summed E-state index contributed by atoms with van der Waals surface area (Å²) < 4.78 is 5.47. The molecule has 0 bridgehead atoms. The highest BCUT2D eigenvalue weighted by atomic mass is 16.5. The molecule has 4 heteroatoms. The van der Waals surface area contributed by atoms with Crippen molar-refractivity contribution in [2.45, 2.75) is 45.8 Å². The highest BCUT2D eigenvalue weighted by Crippen LogP contribution is 2.06. The van der Waals surface area contributed by atoms with E-state index in [1.165, 1.54) is 0 Å². The van der Waals surface area contributed by atoms with Crippen LogP contribution in [0.5, 0.6) is 0 Å². The number of rotatable bonds is 8. The number of nitrogens with one attached hydrogen (secondary N) is 1. The Morgan fingerprint density at radius 2 is 1.88 bits per heavy atom. The van der Waals surface area contributed by atoms with Gasteiger partial charge in [-0.2, -0.15) is 0 Å². The molecule has 16 heavy (non-hydrogen) atoms. The molecule has 3 N–H and O–H groups in total. The minimum absolute atomic E-state index is 0.203. The predicted octanol–water partition coefficient (Wildman–Crippen LogP) is 0.770. The fourth-order valence-electron chi connectivity index (χ4n) is 1.22. The molecule has 2 unspecified atom stereocenters. The summed E-state index contributed by atoms with van der Waals surface area (Å²) in [6.07, 6.45) is 0.322. The SMILES string of the molecule is CC(CCO)CNCC(O)COC(C)(C)C. The molecule has 0 heterocycles. The zero-order valence-electron chi connectivity index (χ0n) is 11.0. The average Bonchev–Trinajstić information content (AvgIpc) is 2.14. The van der Waals surface area contributed by atoms with Crippen molar-refractivity contribution in [3.63, 3.8) is 0 Å². The van der Waals surface area contributed by atoms with Gasteiger partial charge in [0.1, 0.15) is 0 Å². The van der Waals surface area contributed by atoms with Crippen molar-refractivity contribution in [3.8, 4) is 0 Å². The van der Waals surface area contributed by atoms with Crippen LogP contribution in [0.3, 0.4) is 0 Å². The number of hydrogen-bond donors (Lipinski definition) is 3. The quantitative estimate of drug-likeness (QED) is 0.579. The Morgan fingerprint density at radius 3 is 2.38 bits per heavy atom. The molecule has 0 aliphatic rings. The van der Waals surface area contributed by atoms with Crippen LogP contribution in [0, 0.1) is 5.92 Å². The minimum Gasteiger partial charge on any atom is -0.396 e. The van der Waals surface area contributed by atoms with Crippen LogP contribution in [0.15, 0.2) is 0 Å². The summed E-state index contributed by atoms with van der Waals surface area (Å²) in [7, 11) is 0. The number of aliphatic hydroxyl groups excluding tert-OH is 2. The van der Waals surface area contributed by atoms with Gasteiger partial charge in [0.05, 0.1) is 18.3 Å². The van der Waals surface area contributed by atoms with Gasteiger partial charge in [-0.05, 0) is 39.7 Å². The van der Waals surface area contributed by atoms with Crippen molar-refractivity contribution in [3.05, 3.63) is 0 Å². The molecule has 2 atom stereocenters. The highest BCUT2D eigenvalue weighted by molar-refractivity contribution is 4.65. The molecular formula is C12H27NO3. The van der Waals surface area contributed by atoms with Gasteiger partial charge in [-0.15, -0.1) is 0 Å². The molecular weight excluding hydrogens is 206 g/mol. The maximum atomic E-state index is 9.62. The van der Waals surface area contributed by atoms with Gasteiger partial charge in [-0.3, -0.25) is 0 Å². The molecule has 0 saturated carbocycles. The average molecular weight is 233 g/mol. The Labute approximate surface area is 99.0 Å². The molecule has 0 fully saturated rings. The molecule has 0 rings (SSSR count). The van der Waals surface area contributed by atoms with Crippen molar-refractivity contribution in [1.82, 2.24) is 5.32 Å². The summed E-state index contributed by atoms with van der Waals surface area (Å²) in [4.78, 5) is 0. The molecule has 0 radical (unpaired) electrons. The van der Waals surface area contributed by atoms with Crippen molar-refractivity contribution in [2.24, 2.45) is 5.92 Å². The second-order valence-corrected chi connectivity index (χ2v) is 5.35. The zero-order chi connectivity index (χ0) is 12.6. The van der Waals surface area contributed by atoms with E-state index < -0.39 is 6.10 Å². The van der Waals surface area contributed by atoms with Gasteiger partial charge in [0.2, 0.25) is 0 Å². The van der Waals surface area contributed by atoms with Gasteiger partial charge in [0.25, 0.3) is 0 Å². The fraction of sp³-hybridized carbons (Fsp3) is 1.00. The van der Waals surface area contributed by atoms with Gasteiger partial charge in [0.15, 0.2) is 0 Å². The topological polar surface area (TPSA) is 61.7 Å². The molecule has 0 amide bonds. The van der Waals surface area contributed by atoms with Crippen molar-refractivity contribution in [1.29, 1.82) is 0 Å². The predicted molar refractivity (Wildman–Crippen MR) is 65.4 cm³/mol. The number of ether oxygens (including phenoxy) is 1. The van der Waals surface area contributed by atoms with E-state index in [0.717, 1.165) is 13.0 Å². The number of hydrogen-bond acceptors (Lipinski definition) is 4. The Kier molecular flexibility index (Phi) is 7.93. The molecule has 0 aliphatic heterocycles. The van der Waals surface area contributed by atoms with Gasteiger partial charge in [-0.1, -0.05) is 6.92 Å². The summed E-state index contributed by atoms with van der Waals surface area (Å²) in [5, 5.41) is 21.5. The van der Waals surface area contributed by atoms with Crippen molar-refractivity contribution in [2.75, 3.05) is 26.3 Å². The lowest BCUT2D eigenvalue weighted by molar-refractivity contribution is -0.0479. The van der Waals surface area contributed by atoms with Crippen LogP contribution in [0.25, 0.3) is 0 Å². The molecule has 0 aliphatic carbocycles. The summed E-state index contributed by atoms with van der Waals surface area (Å²) in [6, 6.07) is 0. The van der Waals surface area contributed by atoms with E-state index in [2.05, 4.69) is 12.2 Å². The molecule has 0 aromatic heterocycles. The van der Waals surface area contributed by atoms with E-state index in [0.29, 0.717) is 19.1 Å². The first kappa shape index (κ1) is 15.8. The Morgan fingerprint density at radius 1 is 1.25 bits per heavy atom. The van der Waals surface area contributed by atoms with E-state index in [-0.39, 0.29) is 12.2 Å². The third-order valence-electron chi connectivity index (χ3n) is 2.20. The van der Waals surface area contributed by atoms with E-state index >= 15 is 0 Å². The molecule has 0 aromatic rings. The van der Waals surface area contributed by atoms with E-state index in [9.17, 15) is 5.11 Å². The van der Waals surface area contributed by atoms with E-state index in [4.69, 9.17) is 9.84 Å².